The molecule has 10 heteroatoms. The van der Waals surface area contributed by atoms with Gasteiger partial charge in [0.25, 0.3) is 0 Å². The molecule has 1 heterocycles. The van der Waals surface area contributed by atoms with E-state index in [0.29, 0.717) is 18.3 Å². The SMILES string of the molecule is CC1CCC(C(C)C)C(OP(=O)(O)OC[C@H]2OC(O)[C@H](O)[C@@H](O)[C@@H]2O)C1. The van der Waals surface area contributed by atoms with Crippen molar-refractivity contribution in [2.24, 2.45) is 17.8 Å². The Morgan fingerprint density at radius 3 is 2.38 bits per heavy atom. The molecule has 26 heavy (non-hydrogen) atoms. The molecule has 0 amide bonds. The number of phosphoric ester groups is 1. The molecule has 0 aromatic rings. The molecule has 0 bridgehead atoms. The third-order valence-corrected chi connectivity index (χ3v) is 6.33. The number of hydrogen-bond acceptors (Lipinski definition) is 8. The van der Waals surface area contributed by atoms with Gasteiger partial charge in [-0.3, -0.25) is 9.05 Å². The zero-order chi connectivity index (χ0) is 19.6. The highest BCUT2D eigenvalue weighted by atomic mass is 31.2. The molecule has 0 aromatic heterocycles. The Morgan fingerprint density at radius 2 is 1.77 bits per heavy atom. The summed E-state index contributed by atoms with van der Waals surface area (Å²) >= 11 is 0. The number of aliphatic hydroxyl groups excluding tert-OH is 4. The van der Waals surface area contributed by atoms with Crippen LogP contribution in [-0.4, -0.2) is 68.7 Å². The lowest BCUT2D eigenvalue weighted by Gasteiger charge is -2.39. The fraction of sp³-hybridized carbons (Fsp3) is 1.00. The monoisotopic (exact) mass is 398 g/mol. The average Bonchev–Trinajstić information content (AvgIpc) is 2.54. The van der Waals surface area contributed by atoms with Crippen molar-refractivity contribution in [3.63, 3.8) is 0 Å². The van der Waals surface area contributed by atoms with Crippen LogP contribution in [0.4, 0.5) is 0 Å². The van der Waals surface area contributed by atoms with E-state index in [0.717, 1.165) is 12.8 Å². The van der Waals surface area contributed by atoms with Crippen LogP contribution in [0.3, 0.4) is 0 Å². The minimum absolute atomic E-state index is 0.144. The average molecular weight is 398 g/mol. The Kier molecular flexibility index (Phi) is 7.63. The highest BCUT2D eigenvalue weighted by molar-refractivity contribution is 7.47. The number of rotatable bonds is 6. The van der Waals surface area contributed by atoms with E-state index >= 15 is 0 Å². The Morgan fingerprint density at radius 1 is 1.12 bits per heavy atom. The molecule has 2 rings (SSSR count). The second-order valence-corrected chi connectivity index (χ2v) is 9.18. The van der Waals surface area contributed by atoms with Crippen LogP contribution in [0.1, 0.15) is 40.0 Å². The summed E-state index contributed by atoms with van der Waals surface area (Å²) in [7, 11) is -4.43. The highest BCUT2D eigenvalue weighted by Gasteiger charge is 2.44. The van der Waals surface area contributed by atoms with Gasteiger partial charge in [-0.25, -0.2) is 4.57 Å². The molecule has 5 unspecified atom stereocenters. The molecule has 2 aliphatic rings. The molecule has 9 nitrogen and oxygen atoms in total. The highest BCUT2D eigenvalue weighted by Crippen LogP contribution is 2.49. The summed E-state index contributed by atoms with van der Waals surface area (Å²) in [4.78, 5) is 10.1. The summed E-state index contributed by atoms with van der Waals surface area (Å²) in [6, 6.07) is 0. The lowest BCUT2D eigenvalue weighted by Crippen LogP contribution is -2.58. The van der Waals surface area contributed by atoms with Crippen LogP contribution in [0.25, 0.3) is 0 Å². The van der Waals surface area contributed by atoms with E-state index in [1.807, 2.05) is 13.8 Å². The van der Waals surface area contributed by atoms with Crippen LogP contribution in [0.2, 0.25) is 0 Å². The van der Waals surface area contributed by atoms with Crippen molar-refractivity contribution < 1.29 is 43.7 Å². The summed E-state index contributed by atoms with van der Waals surface area (Å²) in [5.41, 5.74) is 0. The topological polar surface area (TPSA) is 146 Å². The molecule has 0 radical (unpaired) electrons. The van der Waals surface area contributed by atoms with Crippen molar-refractivity contribution in [3.05, 3.63) is 0 Å². The Balaban J connectivity index is 1.94. The molecule has 1 aliphatic heterocycles. The van der Waals surface area contributed by atoms with Crippen LogP contribution in [0.15, 0.2) is 0 Å². The van der Waals surface area contributed by atoms with E-state index in [9.17, 15) is 29.9 Å². The smallest absolute Gasteiger partial charge is 0.387 e. The summed E-state index contributed by atoms with van der Waals surface area (Å²) in [6.45, 7) is 5.57. The predicted octanol–water partition coefficient (Wildman–Crippen LogP) is 0.381. The van der Waals surface area contributed by atoms with Gasteiger partial charge in [0.05, 0.1) is 12.7 Å². The standard InChI is InChI=1S/C16H31O9P/c1-8(2)10-5-4-9(3)6-11(10)25-26(21,22)23-7-12-13(17)14(18)15(19)16(20)24-12/h8-20H,4-7H2,1-3H3,(H,21,22)/t9?,10?,11?,12-,13-,14+,15-,16?/m1/s1. The third-order valence-electron chi connectivity index (χ3n) is 5.32. The van der Waals surface area contributed by atoms with Crippen molar-refractivity contribution >= 4 is 7.82 Å². The maximum atomic E-state index is 12.3. The van der Waals surface area contributed by atoms with Gasteiger partial charge in [0.15, 0.2) is 6.29 Å². The summed E-state index contributed by atoms with van der Waals surface area (Å²) in [5.74, 6) is 0.818. The van der Waals surface area contributed by atoms with Crippen LogP contribution in [0, 0.1) is 17.8 Å². The van der Waals surface area contributed by atoms with Gasteiger partial charge in [-0.1, -0.05) is 27.2 Å². The van der Waals surface area contributed by atoms with Crippen molar-refractivity contribution in [2.75, 3.05) is 6.61 Å². The van der Waals surface area contributed by atoms with Crippen LogP contribution in [-0.2, 0) is 18.3 Å². The Hall–Kier alpha value is -0.0900. The second-order valence-electron chi connectivity index (χ2n) is 7.77. The van der Waals surface area contributed by atoms with Crippen molar-refractivity contribution in [2.45, 2.75) is 76.8 Å². The Bertz CT molecular complexity index is 502. The number of hydrogen-bond donors (Lipinski definition) is 5. The summed E-state index contributed by atoms with van der Waals surface area (Å²) in [5, 5.41) is 38.4. The molecule has 1 saturated heterocycles. The van der Waals surface area contributed by atoms with Gasteiger partial charge in [0.1, 0.15) is 24.4 Å². The lowest BCUT2D eigenvalue weighted by atomic mass is 9.75. The zero-order valence-corrected chi connectivity index (χ0v) is 16.2. The van der Waals surface area contributed by atoms with E-state index in [-0.39, 0.29) is 5.92 Å². The van der Waals surface area contributed by atoms with Gasteiger partial charge in [-0.15, -0.1) is 0 Å². The summed E-state index contributed by atoms with van der Waals surface area (Å²) in [6.07, 6.45) is -5.72. The molecule has 154 valence electrons. The molecule has 0 spiro atoms. The first-order valence-electron chi connectivity index (χ1n) is 9.05. The van der Waals surface area contributed by atoms with Gasteiger partial charge in [-0.05, 0) is 30.6 Å². The molecule has 1 aliphatic carbocycles. The van der Waals surface area contributed by atoms with Crippen LogP contribution >= 0.6 is 7.82 Å². The largest absolute Gasteiger partial charge is 0.472 e. The van der Waals surface area contributed by atoms with E-state index < -0.39 is 51.2 Å². The Labute approximate surface area is 153 Å². The van der Waals surface area contributed by atoms with Gasteiger partial charge >= 0.3 is 7.82 Å². The molecule has 0 aromatic carbocycles. The molecule has 5 N–H and O–H groups in total. The molecule has 2 fully saturated rings. The normalized spacial score (nSPS) is 44.0. The molecule has 1 saturated carbocycles. The zero-order valence-electron chi connectivity index (χ0n) is 15.3. The quantitative estimate of drug-likeness (QED) is 0.401. The van der Waals surface area contributed by atoms with Crippen molar-refractivity contribution in [3.8, 4) is 0 Å². The predicted molar refractivity (Wildman–Crippen MR) is 90.9 cm³/mol. The maximum Gasteiger partial charge on any atom is 0.472 e. The molecule has 9 atom stereocenters. The molecular formula is C16H31O9P. The minimum atomic E-state index is -4.43. The van der Waals surface area contributed by atoms with Crippen molar-refractivity contribution in [1.29, 1.82) is 0 Å². The van der Waals surface area contributed by atoms with Gasteiger partial charge in [0.2, 0.25) is 0 Å². The number of aliphatic hydroxyl groups is 4. The van der Waals surface area contributed by atoms with Crippen LogP contribution < -0.4 is 0 Å². The van der Waals surface area contributed by atoms with Gasteiger partial charge in [-0.2, -0.15) is 0 Å². The van der Waals surface area contributed by atoms with Gasteiger partial charge in [0, 0.05) is 0 Å². The van der Waals surface area contributed by atoms with E-state index in [2.05, 4.69) is 6.92 Å². The lowest BCUT2D eigenvalue weighted by molar-refractivity contribution is -0.285. The fourth-order valence-electron chi connectivity index (χ4n) is 3.67. The second kappa shape index (κ2) is 8.94. The minimum Gasteiger partial charge on any atom is -0.387 e. The molecular weight excluding hydrogens is 367 g/mol. The number of ether oxygens (including phenoxy) is 1. The fourth-order valence-corrected chi connectivity index (χ4v) is 4.65. The van der Waals surface area contributed by atoms with Crippen molar-refractivity contribution in [1.82, 2.24) is 0 Å². The van der Waals surface area contributed by atoms with E-state index in [1.165, 1.54) is 0 Å². The maximum absolute atomic E-state index is 12.3. The third kappa shape index (κ3) is 5.47. The first kappa shape index (κ1) is 22.2. The summed E-state index contributed by atoms with van der Waals surface area (Å²) < 4.78 is 27.6. The first-order chi connectivity index (χ1) is 12.0. The van der Waals surface area contributed by atoms with E-state index in [1.54, 1.807) is 0 Å². The number of phosphoric acid groups is 1. The van der Waals surface area contributed by atoms with Gasteiger partial charge < -0.3 is 30.1 Å². The first-order valence-corrected chi connectivity index (χ1v) is 10.5. The van der Waals surface area contributed by atoms with E-state index in [4.69, 9.17) is 13.8 Å². The van der Waals surface area contributed by atoms with Crippen LogP contribution in [0.5, 0.6) is 0 Å².